The monoisotopic (exact) mass is 297 g/mol. The van der Waals surface area contributed by atoms with Gasteiger partial charge in [-0.3, -0.25) is 0 Å². The predicted molar refractivity (Wildman–Crippen MR) is 83.2 cm³/mol. The number of aryl methyl sites for hydroxylation is 2. The Morgan fingerprint density at radius 2 is 1.25 bits per heavy atom. The lowest BCUT2D eigenvalue weighted by Crippen LogP contribution is -3.00. The molecule has 0 aliphatic rings. The molecular weight excluding hydrogens is 266 g/mol. The van der Waals surface area contributed by atoms with Gasteiger partial charge in [-0.1, -0.05) is 58.8 Å². The van der Waals surface area contributed by atoms with Crippen molar-refractivity contribution in [2.75, 3.05) is 0 Å². The average Bonchev–Trinajstić information content (AvgIpc) is 2.46. The van der Waals surface area contributed by atoms with Gasteiger partial charge in [-0.25, -0.2) is 4.57 Å². The Hall–Kier alpha value is -0.560. The van der Waals surface area contributed by atoms with E-state index in [-0.39, 0.29) is 12.4 Å². The molecule has 1 rings (SSSR count). The Morgan fingerprint density at radius 1 is 0.750 bits per heavy atom. The Bertz CT molecular complexity index is 308. The molecule has 0 radical (unpaired) electrons. The van der Waals surface area contributed by atoms with Crippen molar-refractivity contribution >= 4 is 0 Å². The highest BCUT2D eigenvalue weighted by Gasteiger charge is 2.00. The minimum Gasteiger partial charge on any atom is -1.00 e. The fourth-order valence-electron chi connectivity index (χ4n) is 2.48. The van der Waals surface area contributed by atoms with E-state index in [0.717, 1.165) is 6.42 Å². The highest BCUT2D eigenvalue weighted by Crippen LogP contribution is 2.09. The first-order valence-corrected chi connectivity index (χ1v) is 8.34. The zero-order valence-electron chi connectivity index (χ0n) is 13.4. The van der Waals surface area contributed by atoms with Crippen LogP contribution >= 0.6 is 0 Å². The summed E-state index contributed by atoms with van der Waals surface area (Å²) in [6, 6.07) is 4.49. The standard InChI is InChI=1S/C18H32N.ClH/c1-3-5-6-7-8-9-10-11-12-15-19-16-13-18(4-2)14-17-19;/h13-14,16-17H,3-12,15H2,1-2H3;1H/q+1;/p-1. The molecule has 0 aliphatic heterocycles. The maximum absolute atomic E-state index is 2.32. The summed E-state index contributed by atoms with van der Waals surface area (Å²) in [6.07, 6.45) is 18.3. The summed E-state index contributed by atoms with van der Waals surface area (Å²) in [5.74, 6) is 0. The van der Waals surface area contributed by atoms with E-state index in [1.165, 1.54) is 69.9 Å². The van der Waals surface area contributed by atoms with Crippen LogP contribution < -0.4 is 17.0 Å². The molecule has 0 amide bonds. The van der Waals surface area contributed by atoms with Crippen LogP contribution in [0.1, 0.15) is 77.2 Å². The third kappa shape index (κ3) is 9.36. The van der Waals surface area contributed by atoms with Crippen LogP contribution in [0.3, 0.4) is 0 Å². The molecular formula is C18H32ClN. The van der Waals surface area contributed by atoms with E-state index < -0.39 is 0 Å². The summed E-state index contributed by atoms with van der Waals surface area (Å²) in [6.45, 7) is 5.67. The number of unbranched alkanes of at least 4 members (excludes halogenated alkanes) is 8. The van der Waals surface area contributed by atoms with Gasteiger partial charge in [-0.2, -0.15) is 0 Å². The molecule has 1 nitrogen and oxygen atoms in total. The molecule has 1 aromatic heterocycles. The largest absolute Gasteiger partial charge is 1.00 e. The minimum atomic E-state index is 0. The van der Waals surface area contributed by atoms with Gasteiger partial charge in [0.05, 0.1) is 0 Å². The quantitative estimate of drug-likeness (QED) is 0.435. The van der Waals surface area contributed by atoms with Crippen molar-refractivity contribution in [3.63, 3.8) is 0 Å². The van der Waals surface area contributed by atoms with E-state index in [2.05, 4.69) is 42.9 Å². The topological polar surface area (TPSA) is 3.88 Å². The maximum Gasteiger partial charge on any atom is 0.169 e. The van der Waals surface area contributed by atoms with Crippen molar-refractivity contribution in [3.8, 4) is 0 Å². The molecule has 0 atom stereocenters. The molecule has 1 heterocycles. The number of nitrogens with zero attached hydrogens (tertiary/aromatic N) is 1. The first-order valence-electron chi connectivity index (χ1n) is 8.34. The molecule has 0 saturated carbocycles. The van der Waals surface area contributed by atoms with Gasteiger partial charge >= 0.3 is 0 Å². The molecule has 1 aromatic rings. The Labute approximate surface area is 132 Å². The van der Waals surface area contributed by atoms with E-state index in [4.69, 9.17) is 0 Å². The number of halogens is 1. The molecule has 0 N–H and O–H groups in total. The van der Waals surface area contributed by atoms with Gasteiger partial charge in [0.25, 0.3) is 0 Å². The number of aromatic nitrogens is 1. The summed E-state index contributed by atoms with van der Waals surface area (Å²) in [7, 11) is 0. The van der Waals surface area contributed by atoms with Crippen LogP contribution in [-0.2, 0) is 13.0 Å². The minimum absolute atomic E-state index is 0. The van der Waals surface area contributed by atoms with Gasteiger partial charge in [-0.15, -0.1) is 0 Å². The second kappa shape index (κ2) is 13.4. The lowest BCUT2D eigenvalue weighted by molar-refractivity contribution is -0.697. The maximum atomic E-state index is 2.32. The number of pyridine rings is 1. The van der Waals surface area contributed by atoms with E-state index in [0.29, 0.717) is 0 Å². The van der Waals surface area contributed by atoms with Crippen molar-refractivity contribution in [3.05, 3.63) is 30.1 Å². The van der Waals surface area contributed by atoms with Crippen LogP contribution in [-0.4, -0.2) is 0 Å². The molecule has 0 fully saturated rings. The lowest BCUT2D eigenvalue weighted by atomic mass is 10.1. The molecule has 0 aromatic carbocycles. The third-order valence-electron chi connectivity index (χ3n) is 3.89. The zero-order chi connectivity index (χ0) is 13.8. The molecule has 0 bridgehead atoms. The molecule has 0 spiro atoms. The van der Waals surface area contributed by atoms with E-state index >= 15 is 0 Å². The summed E-state index contributed by atoms with van der Waals surface area (Å²) >= 11 is 0. The summed E-state index contributed by atoms with van der Waals surface area (Å²) in [5.41, 5.74) is 1.43. The van der Waals surface area contributed by atoms with Gasteiger partial charge in [-0.05, 0) is 18.4 Å². The first-order chi connectivity index (χ1) is 9.36. The van der Waals surface area contributed by atoms with Crippen molar-refractivity contribution in [1.82, 2.24) is 0 Å². The fourth-order valence-corrected chi connectivity index (χ4v) is 2.48. The van der Waals surface area contributed by atoms with Crippen LogP contribution in [0, 0.1) is 0 Å². The van der Waals surface area contributed by atoms with E-state index in [1.54, 1.807) is 0 Å². The Balaban J connectivity index is 0.00000361. The normalized spacial score (nSPS) is 10.3. The first kappa shape index (κ1) is 19.4. The van der Waals surface area contributed by atoms with E-state index in [9.17, 15) is 0 Å². The second-order valence-electron chi connectivity index (χ2n) is 5.63. The van der Waals surface area contributed by atoms with Crippen molar-refractivity contribution in [1.29, 1.82) is 0 Å². The average molecular weight is 298 g/mol. The van der Waals surface area contributed by atoms with Crippen LogP contribution in [0.15, 0.2) is 24.5 Å². The number of hydrogen-bond acceptors (Lipinski definition) is 0. The fraction of sp³-hybridized carbons (Fsp3) is 0.722. The summed E-state index contributed by atoms with van der Waals surface area (Å²) < 4.78 is 2.32. The summed E-state index contributed by atoms with van der Waals surface area (Å²) in [5, 5.41) is 0. The van der Waals surface area contributed by atoms with Gasteiger partial charge in [0.2, 0.25) is 0 Å². The smallest absolute Gasteiger partial charge is 0.169 e. The molecule has 0 saturated heterocycles. The van der Waals surface area contributed by atoms with Crippen molar-refractivity contribution in [2.45, 2.75) is 84.6 Å². The summed E-state index contributed by atoms with van der Waals surface area (Å²) in [4.78, 5) is 0. The Morgan fingerprint density at radius 3 is 1.75 bits per heavy atom. The zero-order valence-corrected chi connectivity index (χ0v) is 14.2. The highest BCUT2D eigenvalue weighted by atomic mass is 35.5. The molecule has 2 heteroatoms. The van der Waals surface area contributed by atoms with Crippen LogP contribution in [0.2, 0.25) is 0 Å². The van der Waals surface area contributed by atoms with Crippen LogP contribution in [0.25, 0.3) is 0 Å². The highest BCUT2D eigenvalue weighted by molar-refractivity contribution is 5.06. The van der Waals surface area contributed by atoms with Crippen LogP contribution in [0.5, 0.6) is 0 Å². The van der Waals surface area contributed by atoms with Gasteiger partial charge in [0.1, 0.15) is 6.54 Å². The lowest BCUT2D eigenvalue weighted by Gasteiger charge is -2.01. The molecule has 116 valence electrons. The molecule has 0 aliphatic carbocycles. The van der Waals surface area contributed by atoms with E-state index in [1.807, 2.05) is 0 Å². The molecule has 0 unspecified atom stereocenters. The predicted octanol–water partition coefficient (Wildman–Crippen LogP) is 2.07. The third-order valence-corrected chi connectivity index (χ3v) is 3.89. The van der Waals surface area contributed by atoms with Gasteiger partial charge in [0.15, 0.2) is 12.4 Å². The molecule has 20 heavy (non-hydrogen) atoms. The van der Waals surface area contributed by atoms with Crippen molar-refractivity contribution < 1.29 is 17.0 Å². The number of rotatable bonds is 11. The van der Waals surface area contributed by atoms with Gasteiger partial charge < -0.3 is 12.4 Å². The van der Waals surface area contributed by atoms with Gasteiger partial charge in [0, 0.05) is 18.6 Å². The van der Waals surface area contributed by atoms with Crippen LogP contribution in [0.4, 0.5) is 0 Å². The number of hydrogen-bond donors (Lipinski definition) is 0. The van der Waals surface area contributed by atoms with Crippen molar-refractivity contribution in [2.24, 2.45) is 0 Å². The second-order valence-corrected chi connectivity index (χ2v) is 5.63. The Kier molecular flexibility index (Phi) is 13.0. The SMILES string of the molecule is CCCCCCCCCCC[n+]1ccc(CC)cc1.[Cl-].